The smallest absolute Gasteiger partial charge is 0.326 e. The molecule has 2 rings (SSSR count). The summed E-state index contributed by atoms with van der Waals surface area (Å²) in [4.78, 5) is 138. The second kappa shape index (κ2) is 25.9. The fourth-order valence-corrected chi connectivity index (χ4v) is 6.17. The summed E-state index contributed by atoms with van der Waals surface area (Å²) < 4.78 is 0. The number of carbonyl (C=O) groups excluding carboxylic acids is 8. The minimum Gasteiger partial charge on any atom is -0.481 e. The summed E-state index contributed by atoms with van der Waals surface area (Å²) in [6, 6.07) is -0.846. The van der Waals surface area contributed by atoms with Crippen LogP contribution in [0.4, 0.5) is 0 Å². The van der Waals surface area contributed by atoms with Crippen molar-refractivity contribution in [3.05, 3.63) is 35.9 Å². The average Bonchev–Trinajstić information content (AvgIpc) is 3.74. The summed E-state index contributed by atoms with van der Waals surface area (Å²) in [6.45, 7) is 4.48. The van der Waals surface area contributed by atoms with E-state index in [9.17, 15) is 68.1 Å². The molecule has 1 saturated heterocycles. The lowest BCUT2D eigenvalue weighted by Gasteiger charge is -2.26. The summed E-state index contributed by atoms with van der Waals surface area (Å²) in [6.07, 6.45) is -1.57. The van der Waals surface area contributed by atoms with Gasteiger partial charge in [-0.05, 0) is 57.1 Å². The van der Waals surface area contributed by atoms with E-state index in [1.54, 1.807) is 44.2 Å². The maximum atomic E-state index is 13.7. The van der Waals surface area contributed by atoms with Gasteiger partial charge in [0.2, 0.25) is 47.3 Å². The van der Waals surface area contributed by atoms with E-state index in [0.717, 1.165) is 6.42 Å². The highest BCUT2D eigenvalue weighted by Crippen LogP contribution is 2.11. The Morgan fingerprint density at radius 2 is 1.26 bits per heavy atom. The molecule has 23 heteroatoms. The number of carboxylic acids is 3. The van der Waals surface area contributed by atoms with Gasteiger partial charge < -0.3 is 63.6 Å². The van der Waals surface area contributed by atoms with Crippen LogP contribution in [0.5, 0.6) is 0 Å². The lowest BCUT2D eigenvalue weighted by molar-refractivity contribution is -0.143. The molecule has 1 aliphatic heterocycles. The number of hydrogen-bond acceptors (Lipinski definition) is 12. The number of carbonyl (C=O) groups is 11. The van der Waals surface area contributed by atoms with Gasteiger partial charge in [0.05, 0.1) is 19.0 Å². The molecular weight excluding hydrogens is 818 g/mol. The Morgan fingerprint density at radius 3 is 1.82 bits per heavy atom. The molecular formula is C39H57N9O14. The van der Waals surface area contributed by atoms with Gasteiger partial charge >= 0.3 is 17.9 Å². The van der Waals surface area contributed by atoms with E-state index in [4.69, 9.17) is 5.73 Å². The predicted octanol–water partition coefficient (Wildman–Crippen LogP) is -3.24. The highest BCUT2D eigenvalue weighted by molar-refractivity contribution is 5.98. The van der Waals surface area contributed by atoms with E-state index < -0.39 is 133 Å². The highest BCUT2D eigenvalue weighted by Gasteiger charge is 2.34. The number of nitrogens with two attached hydrogens (primary N) is 1. The molecule has 0 radical (unpaired) electrons. The van der Waals surface area contributed by atoms with Crippen molar-refractivity contribution in [3.63, 3.8) is 0 Å². The molecule has 8 amide bonds. The third-order valence-electron chi connectivity index (χ3n) is 9.41. The van der Waals surface area contributed by atoms with Gasteiger partial charge in [0.15, 0.2) is 0 Å². The Morgan fingerprint density at radius 1 is 0.677 bits per heavy atom. The molecule has 0 aromatic heterocycles. The molecule has 62 heavy (non-hydrogen) atoms. The third-order valence-corrected chi connectivity index (χ3v) is 9.41. The minimum absolute atomic E-state index is 0.00926. The van der Waals surface area contributed by atoms with Gasteiger partial charge in [0, 0.05) is 19.3 Å². The summed E-state index contributed by atoms with van der Waals surface area (Å²) in [5.74, 6) is -11.7. The Kier molecular flexibility index (Phi) is 21.5. The van der Waals surface area contributed by atoms with Crippen LogP contribution >= 0.6 is 0 Å². The summed E-state index contributed by atoms with van der Waals surface area (Å²) in [5.41, 5.74) is 5.69. The van der Waals surface area contributed by atoms with Crippen molar-refractivity contribution in [2.24, 2.45) is 11.7 Å². The number of nitrogens with one attached hydrogen (secondary N) is 8. The van der Waals surface area contributed by atoms with Gasteiger partial charge in [-0.3, -0.25) is 47.9 Å². The number of benzene rings is 1. The molecule has 0 spiro atoms. The van der Waals surface area contributed by atoms with Crippen LogP contribution in [0.25, 0.3) is 0 Å². The number of aliphatic carboxylic acids is 3. The first-order valence-corrected chi connectivity index (χ1v) is 20.0. The molecule has 342 valence electrons. The number of amides is 8. The summed E-state index contributed by atoms with van der Waals surface area (Å²) in [5, 5.41) is 47.8. The van der Waals surface area contributed by atoms with Gasteiger partial charge in [-0.15, -0.1) is 0 Å². The fraction of sp³-hybridized carbons (Fsp3) is 0.564. The lowest BCUT2D eigenvalue weighted by atomic mass is 10.0. The Balaban J connectivity index is 2.19. The van der Waals surface area contributed by atoms with Crippen LogP contribution in [-0.2, 0) is 59.2 Å². The summed E-state index contributed by atoms with van der Waals surface area (Å²) in [7, 11) is 0. The van der Waals surface area contributed by atoms with Crippen molar-refractivity contribution in [2.75, 3.05) is 13.1 Å². The van der Waals surface area contributed by atoms with Crippen LogP contribution in [0.3, 0.4) is 0 Å². The number of hydrogen-bond donors (Lipinski definition) is 12. The van der Waals surface area contributed by atoms with Crippen LogP contribution in [-0.4, -0.2) is 136 Å². The highest BCUT2D eigenvalue weighted by atomic mass is 16.4. The van der Waals surface area contributed by atoms with Crippen LogP contribution in [0.15, 0.2) is 30.3 Å². The molecule has 1 fully saturated rings. The van der Waals surface area contributed by atoms with Crippen LogP contribution in [0, 0.1) is 5.92 Å². The Hall–Kier alpha value is -6.65. The van der Waals surface area contributed by atoms with Crippen LogP contribution in [0.1, 0.15) is 77.7 Å². The van der Waals surface area contributed by atoms with Crippen molar-refractivity contribution in [3.8, 4) is 0 Å². The average molecular weight is 876 g/mol. The normalized spacial score (nSPS) is 16.2. The van der Waals surface area contributed by atoms with Crippen LogP contribution in [0.2, 0.25) is 0 Å². The third kappa shape index (κ3) is 19.2. The molecule has 1 aromatic carbocycles. The molecule has 1 aromatic rings. The van der Waals surface area contributed by atoms with Gasteiger partial charge in [-0.1, -0.05) is 44.2 Å². The quantitative estimate of drug-likeness (QED) is 0.0413. The van der Waals surface area contributed by atoms with Gasteiger partial charge in [-0.25, -0.2) is 4.79 Å². The van der Waals surface area contributed by atoms with E-state index in [2.05, 4.69) is 42.5 Å². The van der Waals surface area contributed by atoms with Crippen molar-refractivity contribution < 1.29 is 68.1 Å². The van der Waals surface area contributed by atoms with Crippen molar-refractivity contribution in [2.45, 2.75) is 121 Å². The topological polar surface area (TPSA) is 371 Å². The maximum Gasteiger partial charge on any atom is 0.326 e. The minimum atomic E-state index is -1.86. The van der Waals surface area contributed by atoms with E-state index >= 15 is 0 Å². The number of carboxylic acid groups (broad SMARTS) is 3. The molecule has 7 atom stereocenters. The van der Waals surface area contributed by atoms with Crippen molar-refractivity contribution >= 4 is 65.2 Å². The zero-order chi connectivity index (χ0) is 46.5. The van der Waals surface area contributed by atoms with E-state index in [1.807, 2.05) is 0 Å². The molecule has 13 N–H and O–H groups in total. The maximum absolute atomic E-state index is 13.7. The molecule has 23 nitrogen and oxygen atoms in total. The SMILES string of the molecule is CC(C)C[C@H](NC(=O)[C@H](CC(=O)O)NC(=O)[C@H](CCC(=O)O)NC(=O)[C@H](Cc1ccccc1)NC(=O)[C@@H]1CCCN1)C(=O)NCC(=O)N[C@@H](C)C(=O)N[C@@H](CCC(N)=O)C(=O)O. The summed E-state index contributed by atoms with van der Waals surface area (Å²) >= 11 is 0. The van der Waals surface area contributed by atoms with Gasteiger partial charge in [0.25, 0.3) is 0 Å². The molecule has 1 heterocycles. The largest absolute Gasteiger partial charge is 0.481 e. The van der Waals surface area contributed by atoms with Crippen molar-refractivity contribution in [1.29, 1.82) is 0 Å². The Labute approximate surface area is 356 Å². The molecule has 0 unspecified atom stereocenters. The zero-order valence-electron chi connectivity index (χ0n) is 34.7. The zero-order valence-corrected chi connectivity index (χ0v) is 34.7. The van der Waals surface area contributed by atoms with Gasteiger partial charge in [0.1, 0.15) is 36.3 Å². The van der Waals surface area contributed by atoms with E-state index in [-0.39, 0.29) is 31.6 Å². The molecule has 0 aliphatic carbocycles. The first-order chi connectivity index (χ1) is 29.2. The monoisotopic (exact) mass is 875 g/mol. The van der Waals surface area contributed by atoms with Crippen LogP contribution < -0.4 is 48.3 Å². The first-order valence-electron chi connectivity index (χ1n) is 20.0. The second-order valence-corrected chi connectivity index (χ2v) is 15.2. The standard InChI is InChI=1S/C39H57N9O14/c1-20(2)16-26(34(56)42-19-30(50)43-21(3)33(55)45-25(39(61)62)11-13-29(40)49)46-38(60)28(18-32(53)54)48-36(58)24(12-14-31(51)52)44-37(59)27(17-22-8-5-4-6-9-22)47-35(57)23-10-7-15-41-23/h4-6,8-9,20-21,23-28,41H,7,10-19H2,1-3H3,(H2,40,49)(H,42,56)(H,43,50)(H,44,59)(H,45,55)(H,46,60)(H,47,57)(H,48,58)(H,51,52)(H,53,54)(H,61,62)/t21-,23-,24-,25-,26-,27-,28-/m0/s1. The molecule has 0 bridgehead atoms. The van der Waals surface area contributed by atoms with E-state index in [0.29, 0.717) is 18.5 Å². The van der Waals surface area contributed by atoms with Gasteiger partial charge in [-0.2, -0.15) is 0 Å². The van der Waals surface area contributed by atoms with Crippen molar-refractivity contribution in [1.82, 2.24) is 42.5 Å². The first kappa shape index (κ1) is 51.5. The fourth-order valence-electron chi connectivity index (χ4n) is 6.17. The number of primary amides is 1. The lowest BCUT2D eigenvalue weighted by Crippen LogP contribution is -2.59. The van der Waals surface area contributed by atoms with E-state index in [1.165, 1.54) is 6.92 Å². The molecule has 0 saturated carbocycles. The second-order valence-electron chi connectivity index (χ2n) is 15.2. The number of rotatable bonds is 27. The molecule has 1 aliphatic rings. The predicted molar refractivity (Wildman–Crippen MR) is 216 cm³/mol. The Bertz CT molecular complexity index is 1790.